The molecule has 0 aliphatic carbocycles. The van der Waals surface area contributed by atoms with Crippen LogP contribution in [-0.2, 0) is 0 Å². The van der Waals surface area contributed by atoms with Gasteiger partial charge in [0.05, 0.1) is 17.3 Å². The van der Waals surface area contributed by atoms with Crippen LogP contribution in [0, 0.1) is 12.7 Å². The quantitative estimate of drug-likeness (QED) is 0.690. The second kappa shape index (κ2) is 7.11. The van der Waals surface area contributed by atoms with Crippen molar-refractivity contribution < 1.29 is 9.18 Å². The van der Waals surface area contributed by atoms with Gasteiger partial charge in [-0.2, -0.15) is 5.10 Å². The Bertz CT molecular complexity index is 1000. The molecule has 27 heavy (non-hydrogen) atoms. The number of aromatic nitrogens is 1. The van der Waals surface area contributed by atoms with E-state index < -0.39 is 6.04 Å². The fraction of sp³-hybridized carbons (Fsp3) is 0.136. The van der Waals surface area contributed by atoms with E-state index in [-0.39, 0.29) is 11.7 Å². The zero-order chi connectivity index (χ0) is 18.8. The third kappa shape index (κ3) is 3.36. The number of pyridine rings is 1. The van der Waals surface area contributed by atoms with Crippen LogP contribution >= 0.6 is 0 Å². The number of carbonyl (C=O) groups excluding carboxylic acids is 1. The van der Waals surface area contributed by atoms with Gasteiger partial charge in [0.15, 0.2) is 0 Å². The molecular weight excluding hydrogens is 341 g/mol. The van der Waals surface area contributed by atoms with Crippen molar-refractivity contribution in [1.82, 2.24) is 9.99 Å². The predicted molar refractivity (Wildman–Crippen MR) is 102 cm³/mol. The van der Waals surface area contributed by atoms with Crippen molar-refractivity contribution in [2.75, 3.05) is 0 Å². The number of amides is 1. The molecule has 0 saturated heterocycles. The van der Waals surface area contributed by atoms with Crippen molar-refractivity contribution >= 4 is 11.6 Å². The second-order valence-corrected chi connectivity index (χ2v) is 6.55. The van der Waals surface area contributed by atoms with Gasteiger partial charge in [0.2, 0.25) is 0 Å². The summed E-state index contributed by atoms with van der Waals surface area (Å²) >= 11 is 0. The zero-order valence-electron chi connectivity index (χ0n) is 14.8. The summed E-state index contributed by atoms with van der Waals surface area (Å²) in [5.41, 5.74) is 3.73. The Morgan fingerprint density at radius 1 is 1.07 bits per heavy atom. The zero-order valence-corrected chi connectivity index (χ0v) is 14.8. The summed E-state index contributed by atoms with van der Waals surface area (Å²) in [6.07, 6.45) is 3.56. The smallest absolute Gasteiger partial charge is 0.267 e. The van der Waals surface area contributed by atoms with E-state index in [4.69, 9.17) is 0 Å². The van der Waals surface area contributed by atoms with Gasteiger partial charge in [-0.15, -0.1) is 0 Å². The van der Waals surface area contributed by atoms with E-state index in [2.05, 4.69) is 10.1 Å². The van der Waals surface area contributed by atoms with Crippen molar-refractivity contribution in [3.63, 3.8) is 0 Å². The van der Waals surface area contributed by atoms with Crippen LogP contribution in [-0.4, -0.2) is 21.6 Å². The molecule has 0 spiro atoms. The van der Waals surface area contributed by atoms with Crippen molar-refractivity contribution in [3.05, 3.63) is 101 Å². The lowest BCUT2D eigenvalue weighted by molar-refractivity contribution is 0.0708. The molecule has 1 atom stereocenters. The number of hydrogen-bond donors (Lipinski definition) is 0. The summed E-state index contributed by atoms with van der Waals surface area (Å²) in [5, 5.41) is 5.95. The van der Waals surface area contributed by atoms with Crippen LogP contribution in [0.25, 0.3) is 0 Å². The fourth-order valence-corrected chi connectivity index (χ4v) is 3.23. The van der Waals surface area contributed by atoms with E-state index in [1.807, 2.05) is 31.2 Å². The molecule has 1 aliphatic rings. The Labute approximate surface area is 157 Å². The normalized spacial score (nSPS) is 16.3. The van der Waals surface area contributed by atoms with Crippen LogP contribution in [0.5, 0.6) is 0 Å². The van der Waals surface area contributed by atoms with Gasteiger partial charge in [-0.05, 0) is 30.7 Å². The van der Waals surface area contributed by atoms with E-state index in [0.29, 0.717) is 17.5 Å². The molecule has 134 valence electrons. The van der Waals surface area contributed by atoms with Gasteiger partial charge in [-0.25, -0.2) is 9.40 Å². The molecule has 0 fully saturated rings. The number of hydrogen-bond acceptors (Lipinski definition) is 3. The maximum absolute atomic E-state index is 14.5. The highest BCUT2D eigenvalue weighted by molar-refractivity contribution is 6.05. The van der Waals surface area contributed by atoms with Gasteiger partial charge in [0, 0.05) is 24.4 Å². The van der Waals surface area contributed by atoms with Crippen LogP contribution in [0.2, 0.25) is 0 Å². The first-order chi connectivity index (χ1) is 13.1. The Morgan fingerprint density at radius 2 is 1.85 bits per heavy atom. The summed E-state index contributed by atoms with van der Waals surface area (Å²) in [5.74, 6) is -0.634. The minimum atomic E-state index is -0.491. The highest BCUT2D eigenvalue weighted by Gasteiger charge is 2.35. The van der Waals surface area contributed by atoms with Gasteiger partial charge in [0.1, 0.15) is 5.82 Å². The molecule has 0 saturated carbocycles. The lowest BCUT2D eigenvalue weighted by Gasteiger charge is -2.22. The monoisotopic (exact) mass is 359 g/mol. The third-order valence-corrected chi connectivity index (χ3v) is 4.68. The van der Waals surface area contributed by atoms with Gasteiger partial charge in [0.25, 0.3) is 5.91 Å². The van der Waals surface area contributed by atoms with Crippen molar-refractivity contribution in [3.8, 4) is 0 Å². The summed E-state index contributed by atoms with van der Waals surface area (Å²) in [7, 11) is 0. The van der Waals surface area contributed by atoms with E-state index in [1.165, 1.54) is 17.3 Å². The van der Waals surface area contributed by atoms with E-state index in [9.17, 15) is 9.18 Å². The van der Waals surface area contributed by atoms with Gasteiger partial charge < -0.3 is 0 Å². The Kier molecular flexibility index (Phi) is 4.50. The lowest BCUT2D eigenvalue weighted by Crippen LogP contribution is -2.27. The van der Waals surface area contributed by atoms with E-state index in [1.54, 1.807) is 36.5 Å². The number of carbonyl (C=O) groups is 1. The number of hydrazone groups is 1. The topological polar surface area (TPSA) is 45.6 Å². The summed E-state index contributed by atoms with van der Waals surface area (Å²) in [6.45, 7) is 2.01. The SMILES string of the molecule is Cc1ccc(C2=NN(C(=O)c3cccnc3)C(c3ccccc3F)C2)cc1. The van der Waals surface area contributed by atoms with Crippen LogP contribution in [0.4, 0.5) is 4.39 Å². The molecule has 2 heterocycles. The Hall–Kier alpha value is -3.34. The highest BCUT2D eigenvalue weighted by Crippen LogP contribution is 2.35. The molecular formula is C22H18FN3O. The molecule has 0 radical (unpaired) electrons. The average molecular weight is 359 g/mol. The molecule has 5 heteroatoms. The maximum Gasteiger partial charge on any atom is 0.276 e. The van der Waals surface area contributed by atoms with Gasteiger partial charge in [-0.3, -0.25) is 9.78 Å². The average Bonchev–Trinajstić information content (AvgIpc) is 3.14. The maximum atomic E-state index is 14.5. The first-order valence-electron chi connectivity index (χ1n) is 8.76. The number of aryl methyl sites for hydroxylation is 1. The molecule has 1 unspecified atom stereocenters. The Balaban J connectivity index is 1.75. The first kappa shape index (κ1) is 17.1. The van der Waals surface area contributed by atoms with Crippen LogP contribution < -0.4 is 0 Å². The molecule has 0 bridgehead atoms. The standard InChI is InChI=1S/C22H18FN3O/c1-15-8-10-16(11-9-15)20-13-21(18-6-2-3-7-19(18)23)26(25-20)22(27)17-5-4-12-24-14-17/h2-12,14,21H,13H2,1H3. The highest BCUT2D eigenvalue weighted by atomic mass is 19.1. The molecule has 3 aromatic rings. The number of benzene rings is 2. The van der Waals surface area contributed by atoms with E-state index in [0.717, 1.165) is 16.8 Å². The van der Waals surface area contributed by atoms with E-state index >= 15 is 0 Å². The first-order valence-corrected chi connectivity index (χ1v) is 8.76. The third-order valence-electron chi connectivity index (χ3n) is 4.68. The molecule has 2 aromatic carbocycles. The molecule has 1 aliphatic heterocycles. The second-order valence-electron chi connectivity index (χ2n) is 6.55. The predicted octanol–water partition coefficient (Wildman–Crippen LogP) is 4.52. The van der Waals surface area contributed by atoms with Crippen LogP contribution in [0.15, 0.2) is 78.2 Å². The largest absolute Gasteiger partial charge is 0.276 e. The van der Waals surface area contributed by atoms with Gasteiger partial charge >= 0.3 is 0 Å². The molecule has 0 N–H and O–H groups in total. The van der Waals surface area contributed by atoms with Crippen LogP contribution in [0.1, 0.15) is 39.5 Å². The summed E-state index contributed by atoms with van der Waals surface area (Å²) in [6, 6.07) is 17.4. The minimum absolute atomic E-state index is 0.293. The molecule has 1 amide bonds. The lowest BCUT2D eigenvalue weighted by atomic mass is 9.97. The molecule has 4 nitrogen and oxygen atoms in total. The van der Waals surface area contributed by atoms with Crippen molar-refractivity contribution in [1.29, 1.82) is 0 Å². The van der Waals surface area contributed by atoms with Crippen molar-refractivity contribution in [2.45, 2.75) is 19.4 Å². The number of rotatable bonds is 3. The minimum Gasteiger partial charge on any atom is -0.267 e. The van der Waals surface area contributed by atoms with Crippen molar-refractivity contribution in [2.24, 2.45) is 5.10 Å². The summed E-state index contributed by atoms with van der Waals surface area (Å²) < 4.78 is 14.5. The van der Waals surface area contributed by atoms with Gasteiger partial charge in [-0.1, -0.05) is 48.0 Å². The molecule has 1 aromatic heterocycles. The summed E-state index contributed by atoms with van der Waals surface area (Å²) in [4.78, 5) is 17.0. The fourth-order valence-electron chi connectivity index (χ4n) is 3.23. The molecule has 4 rings (SSSR count). The van der Waals surface area contributed by atoms with Crippen LogP contribution in [0.3, 0.4) is 0 Å². The number of nitrogens with zero attached hydrogens (tertiary/aromatic N) is 3. The Morgan fingerprint density at radius 3 is 2.56 bits per heavy atom. The number of halogens is 1.